The molecule has 2 aromatic carbocycles. The molecule has 14 heteroatoms. The SMILES string of the molecule is Cn1c(=O)c2c(nc(Oc3cccc(OC(C)(F)F)c3)n2Cc2cccc(OC(F)(F)F)c2)n(C)c1=O. The maximum Gasteiger partial charge on any atom is 0.573 e. The van der Waals surface area contributed by atoms with Gasteiger partial charge in [0.05, 0.1) is 6.54 Å². The van der Waals surface area contributed by atoms with E-state index in [2.05, 4.69) is 14.5 Å². The molecule has 0 aliphatic heterocycles. The molecule has 9 nitrogen and oxygen atoms in total. The normalized spacial score (nSPS) is 12.1. The lowest BCUT2D eigenvalue weighted by atomic mass is 10.2. The van der Waals surface area contributed by atoms with Crippen molar-refractivity contribution in [1.29, 1.82) is 0 Å². The summed E-state index contributed by atoms with van der Waals surface area (Å²) in [6.07, 6.45) is -8.37. The van der Waals surface area contributed by atoms with E-state index in [4.69, 9.17) is 4.74 Å². The van der Waals surface area contributed by atoms with Crippen LogP contribution in [0.25, 0.3) is 11.2 Å². The monoisotopic (exact) mass is 526 g/mol. The fourth-order valence-electron chi connectivity index (χ4n) is 3.59. The first-order chi connectivity index (χ1) is 17.2. The molecule has 0 amide bonds. The van der Waals surface area contributed by atoms with Gasteiger partial charge in [-0.05, 0) is 29.8 Å². The van der Waals surface area contributed by atoms with Crippen LogP contribution >= 0.6 is 0 Å². The third-order valence-electron chi connectivity index (χ3n) is 5.10. The smallest absolute Gasteiger partial charge is 0.433 e. The van der Waals surface area contributed by atoms with E-state index >= 15 is 0 Å². The van der Waals surface area contributed by atoms with Crippen LogP contribution in [0.1, 0.15) is 12.5 Å². The number of ether oxygens (including phenoxy) is 3. The zero-order chi connectivity index (χ0) is 27.1. The van der Waals surface area contributed by atoms with Crippen molar-refractivity contribution in [2.45, 2.75) is 25.9 Å². The number of halogens is 5. The maximum absolute atomic E-state index is 13.3. The predicted molar refractivity (Wildman–Crippen MR) is 120 cm³/mol. The van der Waals surface area contributed by atoms with Crippen molar-refractivity contribution in [3.8, 4) is 23.3 Å². The molecule has 0 saturated carbocycles. The van der Waals surface area contributed by atoms with Crippen molar-refractivity contribution >= 4 is 11.2 Å². The zero-order valence-corrected chi connectivity index (χ0v) is 19.5. The summed E-state index contributed by atoms with van der Waals surface area (Å²) in [5.41, 5.74) is -1.25. The average molecular weight is 526 g/mol. The molecule has 0 spiro atoms. The highest BCUT2D eigenvalue weighted by Crippen LogP contribution is 2.30. The Balaban J connectivity index is 1.83. The lowest BCUT2D eigenvalue weighted by molar-refractivity contribution is -0.274. The summed E-state index contributed by atoms with van der Waals surface area (Å²) in [5, 5.41) is 0. The van der Waals surface area contributed by atoms with Crippen molar-refractivity contribution in [1.82, 2.24) is 18.7 Å². The van der Waals surface area contributed by atoms with E-state index in [1.54, 1.807) is 0 Å². The van der Waals surface area contributed by atoms with Crippen LogP contribution in [0.4, 0.5) is 22.0 Å². The zero-order valence-electron chi connectivity index (χ0n) is 19.5. The number of rotatable bonds is 7. The van der Waals surface area contributed by atoms with E-state index in [1.165, 1.54) is 49.0 Å². The second-order valence-corrected chi connectivity index (χ2v) is 8.04. The average Bonchev–Trinajstić information content (AvgIpc) is 3.12. The van der Waals surface area contributed by atoms with E-state index < -0.39 is 29.5 Å². The summed E-state index contributed by atoms with van der Waals surface area (Å²) in [6, 6.07) is 10.1. The third-order valence-corrected chi connectivity index (χ3v) is 5.10. The van der Waals surface area contributed by atoms with Gasteiger partial charge in [0.25, 0.3) is 5.56 Å². The molecule has 0 unspecified atom stereocenters. The number of nitrogens with zero attached hydrogens (tertiary/aromatic N) is 4. The standard InChI is InChI=1S/C23H19F5N4O5/c1-22(24,25)36-16-9-5-7-14(11-16)35-20-29-18-17(19(33)31(3)21(34)30(18)2)32(20)12-13-6-4-8-15(10-13)37-23(26,27)28/h4-11H,12H2,1-3H3. The Hall–Kier alpha value is -4.36. The van der Waals surface area contributed by atoms with Crippen molar-refractivity contribution < 1.29 is 36.2 Å². The molecule has 2 aromatic heterocycles. The molecule has 4 rings (SSSR count). The number of hydrogen-bond acceptors (Lipinski definition) is 6. The molecular weight excluding hydrogens is 507 g/mol. The quantitative estimate of drug-likeness (QED) is 0.336. The highest BCUT2D eigenvalue weighted by molar-refractivity contribution is 5.72. The highest BCUT2D eigenvalue weighted by Gasteiger charge is 2.31. The van der Waals surface area contributed by atoms with Gasteiger partial charge in [0, 0.05) is 27.1 Å². The Kier molecular flexibility index (Phi) is 6.44. The maximum atomic E-state index is 13.3. The van der Waals surface area contributed by atoms with Gasteiger partial charge in [-0.2, -0.15) is 13.8 Å². The summed E-state index contributed by atoms with van der Waals surface area (Å²) in [4.78, 5) is 29.7. The Labute approximate surface area is 204 Å². The van der Waals surface area contributed by atoms with Gasteiger partial charge >= 0.3 is 24.2 Å². The minimum absolute atomic E-state index is 0.00860. The third kappa shape index (κ3) is 5.73. The van der Waals surface area contributed by atoms with E-state index in [9.17, 15) is 31.5 Å². The fraction of sp³-hybridized carbons (Fsp3) is 0.261. The van der Waals surface area contributed by atoms with Crippen LogP contribution in [-0.4, -0.2) is 31.2 Å². The van der Waals surface area contributed by atoms with Crippen LogP contribution in [0.3, 0.4) is 0 Å². The molecule has 0 saturated heterocycles. The lowest BCUT2D eigenvalue weighted by Gasteiger charge is -2.14. The number of alkyl halides is 5. The Morgan fingerprint density at radius 1 is 0.865 bits per heavy atom. The van der Waals surface area contributed by atoms with Gasteiger partial charge in [0.1, 0.15) is 17.2 Å². The highest BCUT2D eigenvalue weighted by atomic mass is 19.4. The molecule has 2 heterocycles. The molecule has 0 N–H and O–H groups in total. The van der Waals surface area contributed by atoms with Crippen LogP contribution in [0.5, 0.6) is 23.3 Å². The number of aryl methyl sites for hydroxylation is 1. The van der Waals surface area contributed by atoms with E-state index in [0.29, 0.717) is 6.92 Å². The first-order valence-electron chi connectivity index (χ1n) is 10.6. The second kappa shape index (κ2) is 9.26. The van der Waals surface area contributed by atoms with Crippen LogP contribution in [0, 0.1) is 0 Å². The van der Waals surface area contributed by atoms with E-state index in [1.807, 2.05) is 0 Å². The number of hydrogen-bond donors (Lipinski definition) is 0. The van der Waals surface area contributed by atoms with Crippen molar-refractivity contribution in [2.75, 3.05) is 0 Å². The summed E-state index contributed by atoms with van der Waals surface area (Å²) < 4.78 is 82.1. The summed E-state index contributed by atoms with van der Waals surface area (Å²) >= 11 is 0. The molecule has 0 aliphatic carbocycles. The minimum Gasteiger partial charge on any atom is -0.433 e. The molecular formula is C23H19F5N4O5. The number of imidazole rings is 1. The van der Waals surface area contributed by atoms with Crippen molar-refractivity contribution in [2.24, 2.45) is 14.1 Å². The van der Waals surface area contributed by atoms with Gasteiger partial charge in [-0.25, -0.2) is 4.79 Å². The van der Waals surface area contributed by atoms with E-state index in [-0.39, 0.29) is 40.8 Å². The molecule has 0 atom stereocenters. The Morgan fingerprint density at radius 2 is 1.49 bits per heavy atom. The topological polar surface area (TPSA) is 89.5 Å². The molecule has 0 bridgehead atoms. The molecule has 4 aromatic rings. The predicted octanol–water partition coefficient (Wildman–Crippen LogP) is 4.16. The minimum atomic E-state index is -4.91. The van der Waals surface area contributed by atoms with Gasteiger partial charge in [-0.3, -0.25) is 18.5 Å². The van der Waals surface area contributed by atoms with Gasteiger partial charge in [0.2, 0.25) is 0 Å². The van der Waals surface area contributed by atoms with Crippen LogP contribution in [0.2, 0.25) is 0 Å². The van der Waals surface area contributed by atoms with Gasteiger partial charge < -0.3 is 14.2 Å². The molecule has 196 valence electrons. The van der Waals surface area contributed by atoms with E-state index in [0.717, 1.165) is 27.3 Å². The van der Waals surface area contributed by atoms with Gasteiger partial charge in [0.15, 0.2) is 11.2 Å². The van der Waals surface area contributed by atoms with Gasteiger partial charge in [-0.1, -0.05) is 18.2 Å². The summed E-state index contributed by atoms with van der Waals surface area (Å²) in [6.45, 7) is 0.352. The molecule has 0 aliphatic rings. The first kappa shape index (κ1) is 25.7. The molecule has 37 heavy (non-hydrogen) atoms. The Bertz CT molecular complexity index is 1580. The lowest BCUT2D eigenvalue weighted by Crippen LogP contribution is -2.37. The first-order valence-corrected chi connectivity index (χ1v) is 10.6. The van der Waals surface area contributed by atoms with Crippen LogP contribution in [-0.2, 0) is 20.6 Å². The molecule has 0 radical (unpaired) electrons. The second-order valence-electron chi connectivity index (χ2n) is 8.04. The van der Waals surface area contributed by atoms with Crippen molar-refractivity contribution in [3.63, 3.8) is 0 Å². The van der Waals surface area contributed by atoms with Crippen LogP contribution in [0.15, 0.2) is 58.1 Å². The fourth-order valence-corrected chi connectivity index (χ4v) is 3.59. The van der Waals surface area contributed by atoms with Gasteiger partial charge in [-0.15, -0.1) is 13.2 Å². The largest absolute Gasteiger partial charge is 0.573 e. The molecule has 0 fully saturated rings. The summed E-state index contributed by atoms with van der Waals surface area (Å²) in [7, 11) is 2.63. The Morgan fingerprint density at radius 3 is 2.14 bits per heavy atom. The number of benzene rings is 2. The van der Waals surface area contributed by atoms with Crippen molar-refractivity contribution in [3.05, 3.63) is 74.9 Å². The number of fused-ring (bicyclic) bond motifs is 1. The van der Waals surface area contributed by atoms with Crippen LogP contribution < -0.4 is 25.5 Å². The summed E-state index contributed by atoms with van der Waals surface area (Å²) in [5.74, 6) is -0.690. The number of aromatic nitrogens is 4.